The van der Waals surface area contributed by atoms with Crippen molar-refractivity contribution in [1.82, 2.24) is 10.2 Å². The normalized spacial score (nSPS) is 27.0. The fraction of sp³-hybridized carbons (Fsp3) is 0.889. The molecule has 1 heterocycles. The molecule has 1 amide bonds. The summed E-state index contributed by atoms with van der Waals surface area (Å²) in [5.41, 5.74) is 5.54. The molecule has 0 aliphatic carbocycles. The quantitative estimate of drug-likeness (QED) is 0.617. The van der Waals surface area contributed by atoms with Crippen LogP contribution in [0.5, 0.6) is 0 Å². The summed E-state index contributed by atoms with van der Waals surface area (Å²) in [7, 11) is 0. The van der Waals surface area contributed by atoms with E-state index in [-0.39, 0.29) is 5.91 Å². The first-order valence-corrected chi connectivity index (χ1v) is 4.84. The Bertz CT molecular complexity index is 184. The van der Waals surface area contributed by atoms with Gasteiger partial charge in [-0.2, -0.15) is 0 Å². The van der Waals surface area contributed by atoms with Crippen LogP contribution in [0, 0.1) is 5.92 Å². The molecule has 4 heteroatoms. The van der Waals surface area contributed by atoms with Crippen molar-refractivity contribution in [2.75, 3.05) is 26.2 Å². The topological polar surface area (TPSA) is 58.4 Å². The first kappa shape index (κ1) is 10.5. The van der Waals surface area contributed by atoms with E-state index in [0.717, 1.165) is 13.1 Å². The zero-order valence-electron chi connectivity index (χ0n) is 8.42. The molecule has 1 rings (SSSR count). The van der Waals surface area contributed by atoms with Crippen LogP contribution in [0.4, 0.5) is 0 Å². The van der Waals surface area contributed by atoms with E-state index in [0.29, 0.717) is 25.0 Å². The Morgan fingerprint density at radius 2 is 2.46 bits per heavy atom. The number of hydrogen-bond donors (Lipinski definition) is 2. The van der Waals surface area contributed by atoms with Gasteiger partial charge >= 0.3 is 0 Å². The summed E-state index contributed by atoms with van der Waals surface area (Å²) in [5, 5.41) is 2.84. The summed E-state index contributed by atoms with van der Waals surface area (Å²) < 4.78 is 0. The second-order valence-electron chi connectivity index (χ2n) is 3.92. The molecule has 1 saturated heterocycles. The van der Waals surface area contributed by atoms with E-state index in [1.54, 1.807) is 0 Å². The van der Waals surface area contributed by atoms with Gasteiger partial charge in [-0.25, -0.2) is 0 Å². The molecule has 0 aromatic rings. The molecule has 0 aromatic heterocycles. The van der Waals surface area contributed by atoms with Crippen molar-refractivity contribution < 1.29 is 4.79 Å². The van der Waals surface area contributed by atoms with Crippen LogP contribution < -0.4 is 11.1 Å². The maximum atomic E-state index is 11.1. The third-order valence-electron chi connectivity index (χ3n) is 2.51. The average Bonchev–Trinajstić information content (AvgIpc) is 2.11. The van der Waals surface area contributed by atoms with Crippen LogP contribution in [0.15, 0.2) is 0 Å². The highest BCUT2D eigenvalue weighted by molar-refractivity contribution is 5.78. The van der Waals surface area contributed by atoms with Gasteiger partial charge in [0.25, 0.3) is 0 Å². The molecular weight excluding hydrogens is 166 g/mol. The van der Waals surface area contributed by atoms with Crippen LogP contribution in [0.1, 0.15) is 13.8 Å². The SMILES string of the molecule is CC(CN)CN1CC(=O)NCC1C. The molecule has 1 aliphatic heterocycles. The first-order valence-electron chi connectivity index (χ1n) is 4.84. The van der Waals surface area contributed by atoms with Crippen molar-refractivity contribution in [3.05, 3.63) is 0 Å². The van der Waals surface area contributed by atoms with Gasteiger partial charge in [0.2, 0.25) is 5.91 Å². The summed E-state index contributed by atoms with van der Waals surface area (Å²) in [6.45, 7) is 7.12. The largest absolute Gasteiger partial charge is 0.353 e. The molecule has 0 radical (unpaired) electrons. The number of rotatable bonds is 3. The second-order valence-corrected chi connectivity index (χ2v) is 3.92. The van der Waals surface area contributed by atoms with E-state index < -0.39 is 0 Å². The van der Waals surface area contributed by atoms with Crippen molar-refractivity contribution in [3.8, 4) is 0 Å². The molecule has 0 aromatic carbocycles. The number of hydrogen-bond acceptors (Lipinski definition) is 3. The third kappa shape index (κ3) is 2.97. The molecule has 0 saturated carbocycles. The number of carbonyl (C=O) groups excluding carboxylic acids is 1. The fourth-order valence-electron chi connectivity index (χ4n) is 1.51. The number of nitrogens with two attached hydrogens (primary N) is 1. The Hall–Kier alpha value is -0.610. The van der Waals surface area contributed by atoms with E-state index in [2.05, 4.69) is 24.1 Å². The number of carbonyl (C=O) groups is 1. The van der Waals surface area contributed by atoms with E-state index in [1.165, 1.54) is 0 Å². The molecule has 76 valence electrons. The van der Waals surface area contributed by atoms with E-state index in [9.17, 15) is 4.79 Å². The van der Waals surface area contributed by atoms with Gasteiger partial charge in [-0.3, -0.25) is 9.69 Å². The van der Waals surface area contributed by atoms with Crippen molar-refractivity contribution in [1.29, 1.82) is 0 Å². The van der Waals surface area contributed by atoms with Gasteiger partial charge in [0, 0.05) is 19.1 Å². The maximum Gasteiger partial charge on any atom is 0.234 e. The number of nitrogens with zero attached hydrogens (tertiary/aromatic N) is 1. The lowest BCUT2D eigenvalue weighted by Crippen LogP contribution is -2.54. The Morgan fingerprint density at radius 1 is 1.77 bits per heavy atom. The highest BCUT2D eigenvalue weighted by Crippen LogP contribution is 2.06. The number of piperazine rings is 1. The molecule has 1 aliphatic rings. The van der Waals surface area contributed by atoms with Gasteiger partial charge in [-0.1, -0.05) is 6.92 Å². The van der Waals surface area contributed by atoms with Crippen LogP contribution in [0.3, 0.4) is 0 Å². The van der Waals surface area contributed by atoms with Crippen molar-refractivity contribution in [2.45, 2.75) is 19.9 Å². The van der Waals surface area contributed by atoms with Crippen LogP contribution >= 0.6 is 0 Å². The molecule has 4 nitrogen and oxygen atoms in total. The molecule has 1 fully saturated rings. The van der Waals surface area contributed by atoms with Crippen LogP contribution in [-0.2, 0) is 4.79 Å². The maximum absolute atomic E-state index is 11.1. The van der Waals surface area contributed by atoms with Gasteiger partial charge < -0.3 is 11.1 Å². The predicted molar refractivity (Wildman–Crippen MR) is 52.3 cm³/mol. The minimum absolute atomic E-state index is 0.127. The second kappa shape index (κ2) is 4.58. The highest BCUT2D eigenvalue weighted by Gasteiger charge is 2.23. The molecule has 2 atom stereocenters. The zero-order valence-corrected chi connectivity index (χ0v) is 8.42. The summed E-state index contributed by atoms with van der Waals surface area (Å²) >= 11 is 0. The van der Waals surface area contributed by atoms with E-state index >= 15 is 0 Å². The van der Waals surface area contributed by atoms with Crippen LogP contribution in [0.25, 0.3) is 0 Å². The molecule has 0 bridgehead atoms. The smallest absolute Gasteiger partial charge is 0.234 e. The molecule has 3 N–H and O–H groups in total. The number of nitrogens with one attached hydrogen (secondary N) is 1. The third-order valence-corrected chi connectivity index (χ3v) is 2.51. The lowest BCUT2D eigenvalue weighted by atomic mass is 10.1. The Labute approximate surface area is 79.5 Å². The summed E-state index contributed by atoms with van der Waals surface area (Å²) in [6, 6.07) is 0.437. The minimum Gasteiger partial charge on any atom is -0.353 e. The lowest BCUT2D eigenvalue weighted by molar-refractivity contribution is -0.125. The van der Waals surface area contributed by atoms with Gasteiger partial charge in [-0.15, -0.1) is 0 Å². The first-order chi connectivity index (χ1) is 6.13. The van der Waals surface area contributed by atoms with Crippen LogP contribution in [-0.4, -0.2) is 43.0 Å². The van der Waals surface area contributed by atoms with Gasteiger partial charge in [0.05, 0.1) is 6.54 Å². The molecule has 13 heavy (non-hydrogen) atoms. The minimum atomic E-state index is 0.127. The highest BCUT2D eigenvalue weighted by atomic mass is 16.2. The van der Waals surface area contributed by atoms with Crippen molar-refractivity contribution in [2.24, 2.45) is 11.7 Å². The monoisotopic (exact) mass is 185 g/mol. The van der Waals surface area contributed by atoms with E-state index in [4.69, 9.17) is 5.73 Å². The Kier molecular flexibility index (Phi) is 3.69. The van der Waals surface area contributed by atoms with Gasteiger partial charge in [0.15, 0.2) is 0 Å². The fourth-order valence-corrected chi connectivity index (χ4v) is 1.51. The van der Waals surface area contributed by atoms with Crippen LogP contribution in [0.2, 0.25) is 0 Å². The summed E-state index contributed by atoms with van der Waals surface area (Å²) in [6.07, 6.45) is 0. The van der Waals surface area contributed by atoms with Gasteiger partial charge in [-0.05, 0) is 19.4 Å². The Morgan fingerprint density at radius 3 is 3.08 bits per heavy atom. The number of amides is 1. The van der Waals surface area contributed by atoms with E-state index in [1.807, 2.05) is 0 Å². The summed E-state index contributed by atoms with van der Waals surface area (Å²) in [4.78, 5) is 13.3. The predicted octanol–water partition coefficient (Wildman–Crippen LogP) is -0.598. The molecular formula is C9H19N3O. The molecule has 0 spiro atoms. The average molecular weight is 185 g/mol. The van der Waals surface area contributed by atoms with Crippen molar-refractivity contribution >= 4 is 5.91 Å². The van der Waals surface area contributed by atoms with Crippen molar-refractivity contribution in [3.63, 3.8) is 0 Å². The summed E-state index contributed by atoms with van der Waals surface area (Å²) in [5.74, 6) is 0.593. The molecule has 2 unspecified atom stereocenters. The Balaban J connectivity index is 2.41. The lowest BCUT2D eigenvalue weighted by Gasteiger charge is -2.34. The van der Waals surface area contributed by atoms with Gasteiger partial charge in [0.1, 0.15) is 0 Å². The standard InChI is InChI=1S/C9H19N3O/c1-7(3-10)5-12-6-9(13)11-4-8(12)2/h7-8H,3-6,10H2,1-2H3,(H,11,13). The zero-order chi connectivity index (χ0) is 9.84.